The summed E-state index contributed by atoms with van der Waals surface area (Å²) in [6, 6.07) is 8.35. The summed E-state index contributed by atoms with van der Waals surface area (Å²) in [6.45, 7) is 3.39. The molecule has 0 heterocycles. The molecular formula is C13H18ClN. The van der Waals surface area contributed by atoms with Crippen molar-refractivity contribution < 1.29 is 0 Å². The smallest absolute Gasteiger partial charge is 0.0408 e. The Morgan fingerprint density at radius 2 is 2.33 bits per heavy atom. The number of hydrogen-bond acceptors (Lipinski definition) is 1. The van der Waals surface area contributed by atoms with E-state index in [2.05, 4.69) is 30.4 Å². The van der Waals surface area contributed by atoms with Crippen molar-refractivity contribution in [2.75, 3.05) is 13.6 Å². The molecule has 1 fully saturated rings. The Labute approximate surface area is 96.8 Å². The summed E-state index contributed by atoms with van der Waals surface area (Å²) in [5.74, 6) is 0.783. The SMILES string of the molecule is CCC1(c2cccc(Cl)c2)CC1CNC. The Balaban J connectivity index is 2.22. The molecule has 2 atom stereocenters. The van der Waals surface area contributed by atoms with Crippen LogP contribution < -0.4 is 5.32 Å². The fourth-order valence-corrected chi connectivity index (χ4v) is 2.87. The Bertz CT molecular complexity index is 350. The van der Waals surface area contributed by atoms with Gasteiger partial charge in [-0.1, -0.05) is 30.7 Å². The number of nitrogens with one attached hydrogen (secondary N) is 1. The maximum absolute atomic E-state index is 6.04. The minimum atomic E-state index is 0.397. The van der Waals surface area contributed by atoms with E-state index in [4.69, 9.17) is 11.6 Å². The van der Waals surface area contributed by atoms with Gasteiger partial charge in [-0.15, -0.1) is 0 Å². The quantitative estimate of drug-likeness (QED) is 0.827. The first kappa shape index (κ1) is 11.0. The third-order valence-corrected chi connectivity index (χ3v) is 3.95. The third kappa shape index (κ3) is 1.91. The second kappa shape index (κ2) is 4.15. The van der Waals surface area contributed by atoms with Crippen LogP contribution >= 0.6 is 11.6 Å². The van der Waals surface area contributed by atoms with Crippen LogP contribution in [-0.2, 0) is 5.41 Å². The molecule has 1 aromatic carbocycles. The van der Waals surface area contributed by atoms with Crippen molar-refractivity contribution in [1.29, 1.82) is 0 Å². The summed E-state index contributed by atoms with van der Waals surface area (Å²) in [6.07, 6.45) is 2.50. The minimum Gasteiger partial charge on any atom is -0.319 e. The Morgan fingerprint density at radius 1 is 1.53 bits per heavy atom. The van der Waals surface area contributed by atoms with Gasteiger partial charge in [-0.3, -0.25) is 0 Å². The van der Waals surface area contributed by atoms with E-state index in [0.717, 1.165) is 17.5 Å². The van der Waals surface area contributed by atoms with Gasteiger partial charge in [0.05, 0.1) is 0 Å². The van der Waals surface area contributed by atoms with Crippen LogP contribution in [0, 0.1) is 5.92 Å². The molecular weight excluding hydrogens is 206 g/mol. The Kier molecular flexibility index (Phi) is 3.03. The second-order valence-electron chi connectivity index (χ2n) is 4.48. The fourth-order valence-electron chi connectivity index (χ4n) is 2.68. The molecule has 0 bridgehead atoms. The van der Waals surface area contributed by atoms with Crippen molar-refractivity contribution in [2.45, 2.75) is 25.2 Å². The maximum atomic E-state index is 6.04. The highest BCUT2D eigenvalue weighted by Crippen LogP contribution is 2.56. The van der Waals surface area contributed by atoms with Crippen LogP contribution in [0.15, 0.2) is 24.3 Å². The molecule has 2 unspecified atom stereocenters. The van der Waals surface area contributed by atoms with Crippen LogP contribution in [0.4, 0.5) is 0 Å². The van der Waals surface area contributed by atoms with Crippen molar-refractivity contribution in [2.24, 2.45) is 5.92 Å². The van der Waals surface area contributed by atoms with Gasteiger partial charge in [0.15, 0.2) is 0 Å². The zero-order chi connectivity index (χ0) is 10.9. The summed E-state index contributed by atoms with van der Waals surface area (Å²) < 4.78 is 0. The number of halogens is 1. The van der Waals surface area contributed by atoms with Crippen LogP contribution in [-0.4, -0.2) is 13.6 Å². The highest BCUT2D eigenvalue weighted by atomic mass is 35.5. The molecule has 0 saturated heterocycles. The van der Waals surface area contributed by atoms with Crippen molar-refractivity contribution >= 4 is 11.6 Å². The molecule has 0 radical (unpaired) electrons. The molecule has 0 aromatic heterocycles. The van der Waals surface area contributed by atoms with Gasteiger partial charge in [-0.2, -0.15) is 0 Å². The first-order valence-electron chi connectivity index (χ1n) is 5.63. The summed E-state index contributed by atoms with van der Waals surface area (Å²) in [4.78, 5) is 0. The average molecular weight is 224 g/mol. The molecule has 82 valence electrons. The molecule has 0 aliphatic heterocycles. The Hall–Kier alpha value is -0.530. The standard InChI is InChI=1S/C13H18ClN/c1-3-13(8-11(13)9-15-2)10-5-4-6-12(14)7-10/h4-7,11,15H,3,8-9H2,1-2H3. The van der Waals surface area contributed by atoms with Gasteiger partial charge >= 0.3 is 0 Å². The van der Waals surface area contributed by atoms with E-state index in [-0.39, 0.29) is 0 Å². The summed E-state index contributed by atoms with van der Waals surface area (Å²) in [5.41, 5.74) is 1.81. The highest BCUT2D eigenvalue weighted by Gasteiger charge is 2.52. The molecule has 1 aromatic rings. The van der Waals surface area contributed by atoms with Crippen LogP contribution in [0.3, 0.4) is 0 Å². The molecule has 1 aliphatic rings. The molecule has 2 heteroatoms. The fraction of sp³-hybridized carbons (Fsp3) is 0.538. The molecule has 15 heavy (non-hydrogen) atoms. The van der Waals surface area contributed by atoms with Gasteiger partial charge in [0.2, 0.25) is 0 Å². The first-order chi connectivity index (χ1) is 7.23. The zero-order valence-corrected chi connectivity index (χ0v) is 10.1. The molecule has 1 N–H and O–H groups in total. The minimum absolute atomic E-state index is 0.397. The van der Waals surface area contributed by atoms with Crippen molar-refractivity contribution in [3.63, 3.8) is 0 Å². The molecule has 1 aliphatic carbocycles. The van der Waals surface area contributed by atoms with Crippen LogP contribution in [0.25, 0.3) is 0 Å². The number of rotatable bonds is 4. The van der Waals surface area contributed by atoms with Gasteiger partial charge in [-0.05, 0) is 55.5 Å². The summed E-state index contributed by atoms with van der Waals surface area (Å²) >= 11 is 6.04. The normalized spacial score (nSPS) is 29.1. The van der Waals surface area contributed by atoms with Gasteiger partial charge in [-0.25, -0.2) is 0 Å². The summed E-state index contributed by atoms with van der Waals surface area (Å²) in [5, 5.41) is 4.13. The third-order valence-electron chi connectivity index (χ3n) is 3.71. The average Bonchev–Trinajstić information content (AvgIpc) is 2.94. The monoisotopic (exact) mass is 223 g/mol. The summed E-state index contributed by atoms with van der Waals surface area (Å²) in [7, 11) is 2.02. The van der Waals surface area contributed by atoms with E-state index < -0.39 is 0 Å². The van der Waals surface area contributed by atoms with E-state index in [1.807, 2.05) is 13.1 Å². The van der Waals surface area contributed by atoms with Crippen molar-refractivity contribution in [1.82, 2.24) is 5.32 Å². The molecule has 1 saturated carbocycles. The maximum Gasteiger partial charge on any atom is 0.0408 e. The Morgan fingerprint density at radius 3 is 2.93 bits per heavy atom. The van der Waals surface area contributed by atoms with Crippen LogP contribution in [0.2, 0.25) is 5.02 Å². The van der Waals surface area contributed by atoms with E-state index in [1.165, 1.54) is 18.4 Å². The molecule has 0 spiro atoms. The van der Waals surface area contributed by atoms with Crippen molar-refractivity contribution in [3.8, 4) is 0 Å². The lowest BCUT2D eigenvalue weighted by molar-refractivity contribution is 0.561. The molecule has 2 rings (SSSR count). The largest absolute Gasteiger partial charge is 0.319 e. The van der Waals surface area contributed by atoms with Gasteiger partial charge < -0.3 is 5.32 Å². The lowest BCUT2D eigenvalue weighted by Gasteiger charge is -2.16. The topological polar surface area (TPSA) is 12.0 Å². The van der Waals surface area contributed by atoms with Crippen LogP contribution in [0.1, 0.15) is 25.3 Å². The first-order valence-corrected chi connectivity index (χ1v) is 6.01. The van der Waals surface area contributed by atoms with Gasteiger partial charge in [0.1, 0.15) is 0 Å². The van der Waals surface area contributed by atoms with Crippen molar-refractivity contribution in [3.05, 3.63) is 34.9 Å². The predicted octanol–water partition coefficient (Wildman–Crippen LogP) is 3.23. The van der Waals surface area contributed by atoms with E-state index >= 15 is 0 Å². The van der Waals surface area contributed by atoms with E-state index in [1.54, 1.807) is 0 Å². The second-order valence-corrected chi connectivity index (χ2v) is 4.92. The van der Waals surface area contributed by atoms with E-state index in [9.17, 15) is 0 Å². The molecule has 1 nitrogen and oxygen atoms in total. The van der Waals surface area contributed by atoms with Gasteiger partial charge in [0.25, 0.3) is 0 Å². The van der Waals surface area contributed by atoms with E-state index in [0.29, 0.717) is 5.41 Å². The van der Waals surface area contributed by atoms with Crippen LogP contribution in [0.5, 0.6) is 0 Å². The number of hydrogen-bond donors (Lipinski definition) is 1. The zero-order valence-electron chi connectivity index (χ0n) is 9.39. The predicted molar refractivity (Wildman–Crippen MR) is 65.5 cm³/mol. The lowest BCUT2D eigenvalue weighted by Crippen LogP contribution is -2.17. The lowest BCUT2D eigenvalue weighted by atomic mass is 9.90. The molecule has 0 amide bonds. The highest BCUT2D eigenvalue weighted by molar-refractivity contribution is 6.30. The number of benzene rings is 1. The van der Waals surface area contributed by atoms with Gasteiger partial charge in [0, 0.05) is 5.02 Å².